The summed E-state index contributed by atoms with van der Waals surface area (Å²) >= 11 is 0. The molecule has 4 aromatic heterocycles. The number of pyridine rings is 2. The lowest BCUT2D eigenvalue weighted by Crippen LogP contribution is -2.21. The first-order valence-electron chi connectivity index (χ1n) is 10.0. The minimum atomic E-state index is -0.272. The fourth-order valence-electron chi connectivity index (χ4n) is 3.99. The molecule has 0 aliphatic carbocycles. The highest BCUT2D eigenvalue weighted by Crippen LogP contribution is 2.30. The van der Waals surface area contributed by atoms with Gasteiger partial charge in [-0.2, -0.15) is 4.98 Å². The highest BCUT2D eigenvalue weighted by molar-refractivity contribution is 6.06. The Morgan fingerprint density at radius 3 is 2.80 bits per heavy atom. The second-order valence-corrected chi connectivity index (χ2v) is 7.64. The smallest absolute Gasteiger partial charge is 0.230 e. The van der Waals surface area contributed by atoms with E-state index in [2.05, 4.69) is 25.2 Å². The van der Waals surface area contributed by atoms with Gasteiger partial charge in [0.05, 0.1) is 42.4 Å². The molecule has 1 aliphatic rings. The van der Waals surface area contributed by atoms with Crippen LogP contribution in [0.5, 0.6) is 0 Å². The van der Waals surface area contributed by atoms with Crippen molar-refractivity contribution < 1.29 is 10.2 Å². The van der Waals surface area contributed by atoms with Gasteiger partial charge in [-0.1, -0.05) is 0 Å². The van der Waals surface area contributed by atoms with Crippen LogP contribution in [0.15, 0.2) is 43.0 Å². The van der Waals surface area contributed by atoms with Crippen molar-refractivity contribution in [3.63, 3.8) is 0 Å². The Bertz CT molecular complexity index is 1190. The lowest BCUT2D eigenvalue weighted by Gasteiger charge is -2.17. The van der Waals surface area contributed by atoms with E-state index in [-0.39, 0.29) is 18.8 Å². The van der Waals surface area contributed by atoms with E-state index in [9.17, 15) is 10.2 Å². The lowest BCUT2D eigenvalue weighted by atomic mass is 10.2. The number of rotatable bonds is 5. The van der Waals surface area contributed by atoms with Crippen LogP contribution >= 0.6 is 0 Å². The Balaban J connectivity index is 1.47. The monoisotopic (exact) mass is 405 g/mol. The zero-order valence-electron chi connectivity index (χ0n) is 16.6. The number of hydrogen-bond donors (Lipinski definition) is 3. The number of anilines is 3. The summed E-state index contributed by atoms with van der Waals surface area (Å²) in [7, 11) is 0. The zero-order chi connectivity index (χ0) is 20.7. The fraction of sp³-hybridized carbons (Fsp3) is 0.333. The molecule has 154 valence electrons. The number of aliphatic hydroxyl groups is 2. The van der Waals surface area contributed by atoms with Gasteiger partial charge in [-0.25, -0.2) is 9.97 Å². The largest absolute Gasteiger partial charge is 0.394 e. The van der Waals surface area contributed by atoms with Gasteiger partial charge in [0.25, 0.3) is 0 Å². The number of nitrogens with one attached hydrogen (secondary N) is 1. The molecular formula is C21H23N7O2. The van der Waals surface area contributed by atoms with Gasteiger partial charge in [0.15, 0.2) is 0 Å². The fourth-order valence-corrected chi connectivity index (χ4v) is 3.99. The number of hydrogen-bond acceptors (Lipinski definition) is 8. The van der Waals surface area contributed by atoms with Crippen molar-refractivity contribution in [3.8, 4) is 0 Å². The summed E-state index contributed by atoms with van der Waals surface area (Å²) in [5, 5.41) is 24.5. The van der Waals surface area contributed by atoms with Crippen LogP contribution in [0.1, 0.15) is 19.4 Å². The van der Waals surface area contributed by atoms with Gasteiger partial charge < -0.3 is 25.0 Å². The van der Waals surface area contributed by atoms with Crippen molar-refractivity contribution in [1.29, 1.82) is 0 Å². The van der Waals surface area contributed by atoms with Gasteiger partial charge in [0, 0.05) is 36.3 Å². The molecule has 0 radical (unpaired) electrons. The Kier molecular flexibility index (Phi) is 4.68. The molecule has 0 bridgehead atoms. The van der Waals surface area contributed by atoms with Crippen LogP contribution in [-0.4, -0.2) is 60.5 Å². The minimum absolute atomic E-state index is 0.00520. The molecular weight excluding hydrogens is 382 g/mol. The molecule has 0 saturated carbocycles. The number of nitrogens with zero attached hydrogens (tertiary/aromatic N) is 6. The van der Waals surface area contributed by atoms with Crippen LogP contribution in [0.4, 0.5) is 17.5 Å². The Morgan fingerprint density at radius 2 is 2.07 bits per heavy atom. The SMILES string of the molecule is C[C@H](CO)n1c2cnccc2c2cnc(Nc3ccc(N4CC[C@@H](O)C4)cn3)nc21. The molecule has 30 heavy (non-hydrogen) atoms. The van der Waals surface area contributed by atoms with Crippen LogP contribution in [-0.2, 0) is 0 Å². The highest BCUT2D eigenvalue weighted by atomic mass is 16.3. The summed E-state index contributed by atoms with van der Waals surface area (Å²) in [4.78, 5) is 20.0. The maximum Gasteiger partial charge on any atom is 0.230 e. The second-order valence-electron chi connectivity index (χ2n) is 7.64. The van der Waals surface area contributed by atoms with Crippen LogP contribution in [0, 0.1) is 0 Å². The summed E-state index contributed by atoms with van der Waals surface area (Å²) in [5.41, 5.74) is 2.63. The molecule has 1 saturated heterocycles. The molecule has 9 nitrogen and oxygen atoms in total. The normalized spacial score (nSPS) is 17.7. The maximum atomic E-state index is 9.73. The van der Waals surface area contributed by atoms with Crippen molar-refractivity contribution >= 4 is 39.4 Å². The molecule has 0 amide bonds. The standard InChI is InChI=1S/C21H23N7O2/c1-13(12-29)28-18-10-22-6-4-16(18)17-9-24-21(26-20(17)28)25-19-3-2-14(8-23-19)27-7-5-15(30)11-27/h2-4,6,8-10,13,15,29-30H,5,7,11-12H2,1H3,(H,23,24,25,26)/t13-,15-/m1/s1. The van der Waals surface area contributed by atoms with Crippen molar-refractivity contribution in [1.82, 2.24) is 24.5 Å². The first-order chi connectivity index (χ1) is 14.6. The van der Waals surface area contributed by atoms with Gasteiger partial charge in [0.1, 0.15) is 11.5 Å². The summed E-state index contributed by atoms with van der Waals surface area (Å²) in [5.74, 6) is 1.07. The van der Waals surface area contributed by atoms with E-state index in [1.807, 2.05) is 29.7 Å². The van der Waals surface area contributed by atoms with E-state index in [0.717, 1.165) is 40.6 Å². The number of fused-ring (bicyclic) bond motifs is 3. The summed E-state index contributed by atoms with van der Waals surface area (Å²) < 4.78 is 1.99. The summed E-state index contributed by atoms with van der Waals surface area (Å²) in [6.07, 6.45) is 7.61. The molecule has 3 N–H and O–H groups in total. The Morgan fingerprint density at radius 1 is 1.17 bits per heavy atom. The molecule has 4 aromatic rings. The van der Waals surface area contributed by atoms with Crippen LogP contribution < -0.4 is 10.2 Å². The van der Waals surface area contributed by atoms with E-state index < -0.39 is 0 Å². The number of aromatic nitrogens is 5. The van der Waals surface area contributed by atoms with E-state index in [1.54, 1.807) is 24.8 Å². The summed E-state index contributed by atoms with van der Waals surface area (Å²) in [6, 6.07) is 5.64. The molecule has 5 heterocycles. The molecule has 2 atom stereocenters. The highest BCUT2D eigenvalue weighted by Gasteiger charge is 2.21. The molecule has 0 aromatic carbocycles. The van der Waals surface area contributed by atoms with E-state index in [0.29, 0.717) is 18.3 Å². The molecule has 0 unspecified atom stereocenters. The summed E-state index contributed by atoms with van der Waals surface area (Å²) in [6.45, 7) is 3.40. The first-order valence-corrected chi connectivity index (χ1v) is 10.0. The van der Waals surface area contributed by atoms with Crippen molar-refractivity contribution in [2.75, 3.05) is 29.9 Å². The van der Waals surface area contributed by atoms with E-state index in [4.69, 9.17) is 4.98 Å². The Labute approximate surface area is 173 Å². The third-order valence-corrected chi connectivity index (χ3v) is 5.57. The average Bonchev–Trinajstić information content (AvgIpc) is 3.35. The number of aliphatic hydroxyl groups excluding tert-OH is 2. The second kappa shape index (κ2) is 7.51. The van der Waals surface area contributed by atoms with Crippen molar-refractivity contribution in [3.05, 3.63) is 43.0 Å². The van der Waals surface area contributed by atoms with Crippen molar-refractivity contribution in [2.24, 2.45) is 0 Å². The van der Waals surface area contributed by atoms with Gasteiger partial charge in [0.2, 0.25) is 5.95 Å². The zero-order valence-corrected chi connectivity index (χ0v) is 16.6. The van der Waals surface area contributed by atoms with E-state index >= 15 is 0 Å². The van der Waals surface area contributed by atoms with Crippen LogP contribution in [0.3, 0.4) is 0 Å². The predicted octanol–water partition coefficient (Wildman–Crippen LogP) is 2.24. The van der Waals surface area contributed by atoms with Gasteiger partial charge in [-0.15, -0.1) is 0 Å². The van der Waals surface area contributed by atoms with Crippen LogP contribution in [0.2, 0.25) is 0 Å². The lowest BCUT2D eigenvalue weighted by molar-refractivity contribution is 0.198. The molecule has 5 rings (SSSR count). The molecule has 0 spiro atoms. The van der Waals surface area contributed by atoms with Crippen LogP contribution in [0.25, 0.3) is 21.9 Å². The number of β-amino-alcohol motifs (C(OH)–C–C–N with tert-alkyl or cyclic N) is 1. The third kappa shape index (κ3) is 3.21. The van der Waals surface area contributed by atoms with Gasteiger partial charge in [-0.05, 0) is 31.5 Å². The van der Waals surface area contributed by atoms with E-state index in [1.165, 1.54) is 0 Å². The topological polar surface area (TPSA) is 112 Å². The average molecular weight is 405 g/mol. The van der Waals surface area contributed by atoms with Gasteiger partial charge in [-0.3, -0.25) is 4.98 Å². The molecule has 1 fully saturated rings. The maximum absolute atomic E-state index is 9.73. The predicted molar refractivity (Wildman–Crippen MR) is 115 cm³/mol. The van der Waals surface area contributed by atoms with Gasteiger partial charge >= 0.3 is 0 Å². The molecule has 1 aliphatic heterocycles. The quantitative estimate of drug-likeness (QED) is 0.463. The minimum Gasteiger partial charge on any atom is -0.394 e. The first kappa shape index (κ1) is 18.7. The molecule has 9 heteroatoms. The Hall–Kier alpha value is -3.30. The third-order valence-electron chi connectivity index (χ3n) is 5.57. The van der Waals surface area contributed by atoms with Crippen molar-refractivity contribution in [2.45, 2.75) is 25.5 Å².